The van der Waals surface area contributed by atoms with Crippen molar-refractivity contribution in [1.29, 1.82) is 0 Å². The lowest BCUT2D eigenvalue weighted by Gasteiger charge is -2.12. The number of benzene rings is 2. The molecule has 0 radical (unpaired) electrons. The van der Waals surface area contributed by atoms with E-state index in [1.165, 1.54) is 38.4 Å². The van der Waals surface area contributed by atoms with Gasteiger partial charge < -0.3 is 0 Å². The average Bonchev–Trinajstić information content (AvgIpc) is 2.66. The van der Waals surface area contributed by atoms with E-state index in [1.807, 2.05) is 24.3 Å². The van der Waals surface area contributed by atoms with Gasteiger partial charge >= 0.3 is 0 Å². The Hall–Kier alpha value is -2.33. The maximum absolute atomic E-state index is 12.5. The van der Waals surface area contributed by atoms with Crippen LogP contribution in [0.2, 0.25) is 0 Å². The highest BCUT2D eigenvalue weighted by Crippen LogP contribution is 2.19. The quantitative estimate of drug-likeness (QED) is 0.676. The maximum Gasteiger partial charge on any atom is 0.242 e. The summed E-state index contributed by atoms with van der Waals surface area (Å²) in [5.41, 5.74) is 1.59. The van der Waals surface area contributed by atoms with Gasteiger partial charge in [0.05, 0.1) is 15.3 Å². The molecule has 7 nitrogen and oxygen atoms in total. The van der Waals surface area contributed by atoms with Gasteiger partial charge in [-0.25, -0.2) is 25.9 Å². The fraction of sp³-hybridized carbons (Fsp3) is 0.167. The van der Waals surface area contributed by atoms with Gasteiger partial charge in [-0.3, -0.25) is 4.98 Å². The molecule has 1 aromatic heterocycles. The number of pyridine rings is 1. The predicted octanol–water partition coefficient (Wildman–Crippen LogP) is 1.96. The van der Waals surface area contributed by atoms with Crippen LogP contribution in [-0.4, -0.2) is 40.2 Å². The van der Waals surface area contributed by atoms with Crippen LogP contribution < -0.4 is 4.72 Å². The Morgan fingerprint density at radius 2 is 1.52 bits per heavy atom. The van der Waals surface area contributed by atoms with E-state index in [4.69, 9.17) is 0 Å². The molecule has 0 aliphatic heterocycles. The first-order chi connectivity index (χ1) is 12.7. The third-order valence-electron chi connectivity index (χ3n) is 4.10. The van der Waals surface area contributed by atoms with Crippen molar-refractivity contribution in [3.05, 3.63) is 66.4 Å². The summed E-state index contributed by atoms with van der Waals surface area (Å²) in [6.07, 6.45) is 1.63. The van der Waals surface area contributed by atoms with E-state index in [1.54, 1.807) is 12.3 Å². The Kier molecular flexibility index (Phi) is 5.29. The highest BCUT2D eigenvalue weighted by molar-refractivity contribution is 7.89. The van der Waals surface area contributed by atoms with Gasteiger partial charge in [0.15, 0.2) is 0 Å². The van der Waals surface area contributed by atoms with Crippen LogP contribution in [0.1, 0.15) is 5.56 Å². The largest absolute Gasteiger partial charge is 0.256 e. The average molecular weight is 406 g/mol. The highest BCUT2D eigenvalue weighted by Gasteiger charge is 2.19. The lowest BCUT2D eigenvalue weighted by molar-refractivity contribution is 0.520. The summed E-state index contributed by atoms with van der Waals surface area (Å²) in [5.74, 6) is 0. The lowest BCUT2D eigenvalue weighted by atomic mass is 10.1. The number of rotatable bonds is 6. The summed E-state index contributed by atoms with van der Waals surface area (Å²) in [7, 11) is -4.56. The Labute approximate surface area is 158 Å². The number of nitrogens with zero attached hydrogens (tertiary/aromatic N) is 2. The Balaban J connectivity index is 1.83. The third-order valence-corrected chi connectivity index (χ3v) is 7.35. The summed E-state index contributed by atoms with van der Waals surface area (Å²) >= 11 is 0. The lowest BCUT2D eigenvalue weighted by Crippen LogP contribution is -2.24. The number of para-hydroxylation sites is 1. The van der Waals surface area contributed by atoms with Gasteiger partial charge in [-0.2, -0.15) is 0 Å². The van der Waals surface area contributed by atoms with E-state index >= 15 is 0 Å². The number of hydrogen-bond acceptors (Lipinski definition) is 5. The molecule has 9 heteroatoms. The molecule has 1 heterocycles. The molecule has 27 heavy (non-hydrogen) atoms. The minimum atomic E-state index is -3.79. The van der Waals surface area contributed by atoms with Crippen molar-refractivity contribution in [1.82, 2.24) is 14.0 Å². The van der Waals surface area contributed by atoms with E-state index in [0.717, 1.165) is 20.8 Å². The molecule has 0 unspecified atom stereocenters. The van der Waals surface area contributed by atoms with Crippen molar-refractivity contribution in [3.8, 4) is 0 Å². The molecule has 0 spiro atoms. The summed E-state index contributed by atoms with van der Waals surface area (Å²) in [6.45, 7) is 0.100. The summed E-state index contributed by atoms with van der Waals surface area (Å²) in [6, 6.07) is 14.4. The zero-order valence-corrected chi connectivity index (χ0v) is 16.5. The van der Waals surface area contributed by atoms with Gasteiger partial charge in [-0.05, 0) is 42.0 Å². The second-order valence-corrected chi connectivity index (χ2v) is 9.99. The minimum absolute atomic E-state index is 0.00133. The van der Waals surface area contributed by atoms with Crippen LogP contribution >= 0.6 is 0 Å². The molecular formula is C18H19N3O4S2. The van der Waals surface area contributed by atoms with Crippen LogP contribution in [0.5, 0.6) is 0 Å². The highest BCUT2D eigenvalue weighted by atomic mass is 32.2. The van der Waals surface area contributed by atoms with Crippen LogP contribution in [0.3, 0.4) is 0 Å². The van der Waals surface area contributed by atoms with Gasteiger partial charge in [0.25, 0.3) is 0 Å². The standard InChI is InChI=1S/C18H19N3O4S2/c1-21(2)27(24,25)16-9-7-15(8-10-16)26(22,23)20-13-14-11-12-19-18-6-4-3-5-17(14)18/h3-12,20H,13H2,1-2H3. The van der Waals surface area contributed by atoms with Crippen LogP contribution in [0.25, 0.3) is 10.9 Å². The molecule has 3 aromatic rings. The smallest absolute Gasteiger partial charge is 0.242 e. The zero-order valence-electron chi connectivity index (χ0n) is 14.8. The first kappa shape index (κ1) is 19.4. The monoisotopic (exact) mass is 405 g/mol. The van der Waals surface area contributed by atoms with E-state index in [-0.39, 0.29) is 16.3 Å². The second kappa shape index (κ2) is 7.35. The van der Waals surface area contributed by atoms with Crippen molar-refractivity contribution in [2.75, 3.05) is 14.1 Å². The molecule has 0 amide bonds. The third kappa shape index (κ3) is 4.01. The second-order valence-electron chi connectivity index (χ2n) is 6.07. The van der Waals surface area contributed by atoms with Crippen LogP contribution in [0.4, 0.5) is 0 Å². The van der Waals surface area contributed by atoms with Crippen LogP contribution in [0, 0.1) is 0 Å². The maximum atomic E-state index is 12.5. The molecule has 0 saturated carbocycles. The molecule has 2 aromatic carbocycles. The number of nitrogens with one attached hydrogen (secondary N) is 1. The Morgan fingerprint density at radius 3 is 2.19 bits per heavy atom. The molecule has 3 rings (SSSR count). The molecule has 1 N–H and O–H groups in total. The van der Waals surface area contributed by atoms with E-state index < -0.39 is 20.0 Å². The number of sulfonamides is 2. The van der Waals surface area contributed by atoms with Crippen molar-refractivity contribution in [3.63, 3.8) is 0 Å². The molecule has 0 aliphatic carbocycles. The van der Waals surface area contributed by atoms with E-state index in [2.05, 4.69) is 9.71 Å². The molecule has 0 bridgehead atoms. The van der Waals surface area contributed by atoms with E-state index in [9.17, 15) is 16.8 Å². The Morgan fingerprint density at radius 1 is 0.889 bits per heavy atom. The van der Waals surface area contributed by atoms with Gasteiger partial charge in [-0.1, -0.05) is 18.2 Å². The fourth-order valence-electron chi connectivity index (χ4n) is 2.57. The van der Waals surface area contributed by atoms with Crippen LogP contribution in [-0.2, 0) is 26.6 Å². The van der Waals surface area contributed by atoms with Crippen molar-refractivity contribution >= 4 is 30.9 Å². The molecule has 0 fully saturated rings. The van der Waals surface area contributed by atoms with Gasteiger partial charge in [-0.15, -0.1) is 0 Å². The minimum Gasteiger partial charge on any atom is -0.256 e. The molecule has 0 aliphatic rings. The Bertz CT molecular complexity index is 1170. The van der Waals surface area contributed by atoms with E-state index in [0.29, 0.717) is 0 Å². The van der Waals surface area contributed by atoms with Gasteiger partial charge in [0.2, 0.25) is 20.0 Å². The van der Waals surface area contributed by atoms with Crippen molar-refractivity contribution < 1.29 is 16.8 Å². The topological polar surface area (TPSA) is 96.4 Å². The predicted molar refractivity (Wildman–Crippen MR) is 103 cm³/mol. The van der Waals surface area contributed by atoms with Gasteiger partial charge in [0.1, 0.15) is 0 Å². The van der Waals surface area contributed by atoms with Crippen molar-refractivity contribution in [2.24, 2.45) is 0 Å². The first-order valence-corrected chi connectivity index (χ1v) is 11.0. The number of aromatic nitrogens is 1. The summed E-state index contributed by atoms with van der Waals surface area (Å²) < 4.78 is 52.9. The summed E-state index contributed by atoms with van der Waals surface area (Å²) in [5, 5.41) is 0.870. The molecule has 0 saturated heterocycles. The van der Waals surface area contributed by atoms with Crippen molar-refractivity contribution in [2.45, 2.75) is 16.3 Å². The SMILES string of the molecule is CN(C)S(=O)(=O)c1ccc(S(=O)(=O)NCc2ccnc3ccccc23)cc1. The van der Waals surface area contributed by atoms with Crippen LogP contribution in [0.15, 0.2) is 70.6 Å². The molecular weight excluding hydrogens is 386 g/mol. The summed E-state index contributed by atoms with van der Waals surface area (Å²) in [4.78, 5) is 4.29. The van der Waals surface area contributed by atoms with Gasteiger partial charge in [0, 0.05) is 32.2 Å². The first-order valence-electron chi connectivity index (χ1n) is 8.07. The fourth-order valence-corrected chi connectivity index (χ4v) is 4.48. The number of hydrogen-bond donors (Lipinski definition) is 1. The zero-order chi connectivity index (χ0) is 19.7. The normalized spacial score (nSPS) is 12.6. The number of fused-ring (bicyclic) bond motifs is 1. The molecule has 142 valence electrons. The molecule has 0 atom stereocenters.